The van der Waals surface area contributed by atoms with Gasteiger partial charge in [-0.2, -0.15) is 0 Å². The zero-order valence-corrected chi connectivity index (χ0v) is 12.5. The van der Waals surface area contributed by atoms with Crippen molar-refractivity contribution < 1.29 is 0 Å². The number of rotatable bonds is 9. The Labute approximate surface area is 115 Å². The molecule has 1 atom stereocenters. The maximum atomic E-state index is 6.20. The van der Waals surface area contributed by atoms with Crippen LogP contribution in [0.1, 0.15) is 63.3 Å². The van der Waals surface area contributed by atoms with Crippen molar-refractivity contribution in [1.29, 1.82) is 0 Å². The predicted molar refractivity (Wildman–Crippen MR) is 79.1 cm³/mol. The maximum absolute atomic E-state index is 6.20. The number of halogens is 1. The number of nitrogens with one attached hydrogen (secondary N) is 1. The number of hydrogen-bond donors (Lipinski definition) is 1. The number of unbranched alkanes of at least 4 members (excludes halogenated alkanes) is 4. The van der Waals surface area contributed by atoms with E-state index in [1.54, 1.807) is 11.3 Å². The lowest BCUT2D eigenvalue weighted by molar-refractivity contribution is 0.484. The van der Waals surface area contributed by atoms with Gasteiger partial charge in [-0.1, -0.05) is 57.6 Å². The molecule has 0 aliphatic rings. The van der Waals surface area contributed by atoms with Crippen LogP contribution in [0.3, 0.4) is 0 Å². The molecule has 0 aliphatic carbocycles. The van der Waals surface area contributed by atoms with Gasteiger partial charge in [0.25, 0.3) is 0 Å². The average molecular weight is 274 g/mol. The highest BCUT2D eigenvalue weighted by atomic mass is 35.5. The van der Waals surface area contributed by atoms with Gasteiger partial charge in [0, 0.05) is 10.9 Å². The molecule has 0 amide bonds. The summed E-state index contributed by atoms with van der Waals surface area (Å²) in [5.74, 6) is 0. The predicted octanol–water partition coefficient (Wildman–Crippen LogP) is 5.41. The summed E-state index contributed by atoms with van der Waals surface area (Å²) in [5, 5.41) is 6.55. The first kappa shape index (κ1) is 15.0. The molecule has 1 heterocycles. The molecule has 0 saturated heterocycles. The molecule has 0 fully saturated rings. The lowest BCUT2D eigenvalue weighted by Gasteiger charge is -2.17. The Morgan fingerprint density at radius 3 is 2.59 bits per heavy atom. The van der Waals surface area contributed by atoms with Crippen molar-refractivity contribution in [3.8, 4) is 0 Å². The zero-order chi connectivity index (χ0) is 12.5. The summed E-state index contributed by atoms with van der Waals surface area (Å²) in [6.07, 6.45) is 7.90. The van der Waals surface area contributed by atoms with Crippen molar-refractivity contribution in [1.82, 2.24) is 5.32 Å². The van der Waals surface area contributed by atoms with E-state index < -0.39 is 0 Å². The van der Waals surface area contributed by atoms with Gasteiger partial charge in [0.1, 0.15) is 0 Å². The molecule has 17 heavy (non-hydrogen) atoms. The first-order chi connectivity index (χ1) is 8.29. The molecule has 1 aromatic heterocycles. The van der Waals surface area contributed by atoms with Crippen LogP contribution in [-0.2, 0) is 0 Å². The van der Waals surface area contributed by atoms with Crippen molar-refractivity contribution in [2.45, 2.75) is 58.4 Å². The van der Waals surface area contributed by atoms with E-state index in [9.17, 15) is 0 Å². The quantitative estimate of drug-likeness (QED) is 0.593. The standard InChI is InChI=1S/C14H24ClNS/c1-3-5-6-7-8-9-13(16-4-2)14-12(15)10-11-17-14/h10-11,13,16H,3-9H2,1-2H3. The van der Waals surface area contributed by atoms with Crippen LogP contribution in [0.2, 0.25) is 5.02 Å². The molecule has 3 heteroatoms. The molecular weight excluding hydrogens is 250 g/mol. The third-order valence-electron chi connectivity index (χ3n) is 3.01. The van der Waals surface area contributed by atoms with Crippen molar-refractivity contribution in [2.75, 3.05) is 6.54 Å². The largest absolute Gasteiger partial charge is 0.309 e. The minimum absolute atomic E-state index is 0.453. The summed E-state index contributed by atoms with van der Waals surface area (Å²) < 4.78 is 0. The second-order valence-electron chi connectivity index (χ2n) is 4.45. The van der Waals surface area contributed by atoms with Crippen LogP contribution < -0.4 is 5.32 Å². The Morgan fingerprint density at radius 1 is 1.24 bits per heavy atom. The zero-order valence-electron chi connectivity index (χ0n) is 11.0. The van der Waals surface area contributed by atoms with Gasteiger partial charge >= 0.3 is 0 Å². The van der Waals surface area contributed by atoms with Crippen LogP contribution in [-0.4, -0.2) is 6.54 Å². The van der Waals surface area contributed by atoms with Gasteiger partial charge in [-0.25, -0.2) is 0 Å². The minimum atomic E-state index is 0.453. The van der Waals surface area contributed by atoms with E-state index in [1.165, 1.54) is 43.4 Å². The SMILES string of the molecule is CCCCCCCC(NCC)c1sccc1Cl. The summed E-state index contributed by atoms with van der Waals surface area (Å²) in [5.41, 5.74) is 0. The molecule has 1 N–H and O–H groups in total. The van der Waals surface area contributed by atoms with Gasteiger partial charge in [-0.05, 0) is 24.4 Å². The van der Waals surface area contributed by atoms with E-state index in [4.69, 9.17) is 11.6 Å². The van der Waals surface area contributed by atoms with Gasteiger partial charge in [0.15, 0.2) is 0 Å². The molecule has 0 radical (unpaired) electrons. The van der Waals surface area contributed by atoms with Crippen LogP contribution >= 0.6 is 22.9 Å². The molecule has 1 aromatic rings. The molecule has 1 nitrogen and oxygen atoms in total. The first-order valence-electron chi connectivity index (χ1n) is 6.75. The van der Waals surface area contributed by atoms with Crippen LogP contribution in [0, 0.1) is 0 Å². The molecule has 0 aromatic carbocycles. The highest BCUT2D eigenvalue weighted by molar-refractivity contribution is 7.10. The van der Waals surface area contributed by atoms with E-state index >= 15 is 0 Å². The van der Waals surface area contributed by atoms with E-state index in [1.807, 2.05) is 6.07 Å². The first-order valence-corrected chi connectivity index (χ1v) is 8.01. The fourth-order valence-electron chi connectivity index (χ4n) is 2.08. The van der Waals surface area contributed by atoms with E-state index in [-0.39, 0.29) is 0 Å². The number of thiophene rings is 1. The van der Waals surface area contributed by atoms with Crippen LogP contribution in [0.4, 0.5) is 0 Å². The average Bonchev–Trinajstić information content (AvgIpc) is 2.74. The van der Waals surface area contributed by atoms with Crippen LogP contribution in [0.5, 0.6) is 0 Å². The van der Waals surface area contributed by atoms with Gasteiger partial charge in [-0.3, -0.25) is 0 Å². The molecule has 98 valence electrons. The van der Waals surface area contributed by atoms with Crippen molar-refractivity contribution in [3.05, 3.63) is 21.3 Å². The Hall–Kier alpha value is -0.0500. The van der Waals surface area contributed by atoms with E-state index in [0.29, 0.717) is 6.04 Å². The third kappa shape index (κ3) is 5.41. The summed E-state index contributed by atoms with van der Waals surface area (Å²) in [7, 11) is 0. The topological polar surface area (TPSA) is 12.0 Å². The second-order valence-corrected chi connectivity index (χ2v) is 5.80. The summed E-state index contributed by atoms with van der Waals surface area (Å²) in [6.45, 7) is 5.42. The lowest BCUT2D eigenvalue weighted by Crippen LogP contribution is -2.20. The Balaban J connectivity index is 2.36. The van der Waals surface area contributed by atoms with E-state index in [0.717, 1.165) is 11.6 Å². The lowest BCUT2D eigenvalue weighted by atomic mass is 10.1. The Bertz CT molecular complexity index is 298. The Morgan fingerprint density at radius 2 is 2.00 bits per heavy atom. The monoisotopic (exact) mass is 273 g/mol. The van der Waals surface area contributed by atoms with Gasteiger partial charge in [0.2, 0.25) is 0 Å². The minimum Gasteiger partial charge on any atom is -0.309 e. The third-order valence-corrected chi connectivity index (χ3v) is 4.48. The molecule has 0 spiro atoms. The summed E-state index contributed by atoms with van der Waals surface area (Å²) in [4.78, 5) is 1.31. The smallest absolute Gasteiger partial charge is 0.0561 e. The number of hydrogen-bond acceptors (Lipinski definition) is 2. The van der Waals surface area contributed by atoms with E-state index in [2.05, 4.69) is 24.5 Å². The van der Waals surface area contributed by atoms with Gasteiger partial charge in [0.05, 0.1) is 5.02 Å². The fourth-order valence-corrected chi connectivity index (χ4v) is 3.38. The summed E-state index contributed by atoms with van der Waals surface area (Å²) >= 11 is 7.97. The molecule has 1 unspecified atom stereocenters. The normalized spacial score (nSPS) is 12.9. The molecule has 0 bridgehead atoms. The summed E-state index contributed by atoms with van der Waals surface area (Å²) in [6, 6.07) is 2.46. The van der Waals surface area contributed by atoms with Crippen LogP contribution in [0.15, 0.2) is 11.4 Å². The fraction of sp³-hybridized carbons (Fsp3) is 0.714. The molecular formula is C14H24ClNS. The Kier molecular flexibility index (Phi) is 7.91. The van der Waals surface area contributed by atoms with Crippen LogP contribution in [0.25, 0.3) is 0 Å². The highest BCUT2D eigenvalue weighted by Crippen LogP contribution is 2.31. The van der Waals surface area contributed by atoms with Crippen molar-refractivity contribution in [3.63, 3.8) is 0 Å². The molecule has 1 rings (SSSR count). The van der Waals surface area contributed by atoms with Gasteiger partial charge in [-0.15, -0.1) is 11.3 Å². The molecule has 0 aliphatic heterocycles. The van der Waals surface area contributed by atoms with Gasteiger partial charge < -0.3 is 5.32 Å². The van der Waals surface area contributed by atoms with Crippen molar-refractivity contribution >= 4 is 22.9 Å². The van der Waals surface area contributed by atoms with Crippen molar-refractivity contribution in [2.24, 2.45) is 0 Å². The highest BCUT2D eigenvalue weighted by Gasteiger charge is 2.14. The molecule has 0 saturated carbocycles. The second kappa shape index (κ2) is 8.96. The maximum Gasteiger partial charge on any atom is 0.0561 e.